The van der Waals surface area contributed by atoms with Crippen molar-refractivity contribution in [3.63, 3.8) is 0 Å². The summed E-state index contributed by atoms with van der Waals surface area (Å²) in [6, 6.07) is 3.23. The second-order valence-corrected chi connectivity index (χ2v) is 8.45. The monoisotopic (exact) mass is 496 g/mol. The van der Waals surface area contributed by atoms with Gasteiger partial charge in [-0.05, 0) is 53.9 Å². The number of halogens is 1. The average molecular weight is 497 g/mol. The van der Waals surface area contributed by atoms with Gasteiger partial charge in [-0.1, -0.05) is 18.7 Å². The highest BCUT2D eigenvalue weighted by molar-refractivity contribution is 9.10. The average Bonchev–Trinajstić information content (AvgIpc) is 3.14. The van der Waals surface area contributed by atoms with Crippen molar-refractivity contribution in [1.82, 2.24) is 14.8 Å². The molecule has 162 valence electrons. The largest absolute Gasteiger partial charge is 0.493 e. The van der Waals surface area contributed by atoms with E-state index in [0.29, 0.717) is 40.5 Å². The van der Waals surface area contributed by atoms with E-state index >= 15 is 0 Å². The number of benzene rings is 1. The number of hydrogen-bond donors (Lipinski definition) is 1. The summed E-state index contributed by atoms with van der Waals surface area (Å²) in [5, 5.41) is 8.50. The fraction of sp³-hybridized carbons (Fsp3) is 0.450. The zero-order valence-corrected chi connectivity index (χ0v) is 20.0. The molecule has 0 aliphatic carbocycles. The Bertz CT molecular complexity index is 976. The summed E-state index contributed by atoms with van der Waals surface area (Å²) in [6.07, 6.45) is 1.01. The van der Waals surface area contributed by atoms with E-state index < -0.39 is 12.0 Å². The van der Waals surface area contributed by atoms with E-state index in [0.717, 1.165) is 22.2 Å². The molecular weight excluding hydrogens is 472 g/mol. The first kappa shape index (κ1) is 22.5. The van der Waals surface area contributed by atoms with Crippen LogP contribution in [0, 0.1) is 0 Å². The van der Waals surface area contributed by atoms with Gasteiger partial charge < -0.3 is 19.5 Å². The summed E-state index contributed by atoms with van der Waals surface area (Å²) >= 11 is 5.15. The van der Waals surface area contributed by atoms with Crippen LogP contribution in [0.1, 0.15) is 38.8 Å². The van der Waals surface area contributed by atoms with Crippen molar-refractivity contribution in [2.24, 2.45) is 0 Å². The molecule has 0 radical (unpaired) electrons. The quantitative estimate of drug-likeness (QED) is 0.424. The van der Waals surface area contributed by atoms with E-state index in [1.54, 1.807) is 23.6 Å². The third-order valence-corrected chi connectivity index (χ3v) is 6.16. The number of aromatic nitrogens is 3. The molecule has 0 saturated heterocycles. The molecule has 1 aliphatic rings. The van der Waals surface area contributed by atoms with Crippen LogP contribution in [0.5, 0.6) is 11.5 Å². The lowest BCUT2D eigenvalue weighted by Crippen LogP contribution is -2.29. The number of hydrogen-bond acceptors (Lipinski definition) is 8. The van der Waals surface area contributed by atoms with Crippen LogP contribution in [0.25, 0.3) is 0 Å². The fourth-order valence-electron chi connectivity index (χ4n) is 3.25. The third-order valence-electron chi connectivity index (χ3n) is 4.53. The molecule has 8 nitrogen and oxygen atoms in total. The molecule has 1 aromatic carbocycles. The Morgan fingerprint density at radius 3 is 2.73 bits per heavy atom. The number of fused-ring (bicyclic) bond motifs is 1. The molecule has 0 amide bonds. The smallest absolute Gasteiger partial charge is 0.338 e. The highest BCUT2D eigenvalue weighted by Gasteiger charge is 2.36. The summed E-state index contributed by atoms with van der Waals surface area (Å²) in [6.45, 7) is 6.34. The molecule has 30 heavy (non-hydrogen) atoms. The summed E-state index contributed by atoms with van der Waals surface area (Å²) in [5.74, 6) is 2.22. The molecule has 1 aromatic heterocycles. The molecule has 3 rings (SSSR count). The van der Waals surface area contributed by atoms with Crippen LogP contribution in [0.2, 0.25) is 0 Å². The number of rotatable bonds is 8. The van der Waals surface area contributed by atoms with Crippen LogP contribution in [0.4, 0.5) is 5.95 Å². The third kappa shape index (κ3) is 4.29. The molecule has 1 unspecified atom stereocenters. The number of thioether (sulfide) groups is 1. The Kier molecular flexibility index (Phi) is 7.30. The molecule has 0 bridgehead atoms. The maximum atomic E-state index is 12.7. The Morgan fingerprint density at radius 2 is 2.10 bits per heavy atom. The van der Waals surface area contributed by atoms with Gasteiger partial charge in [-0.3, -0.25) is 0 Å². The van der Waals surface area contributed by atoms with Gasteiger partial charge in [0.15, 0.2) is 11.5 Å². The number of allylic oxidation sites excluding steroid dienone is 1. The number of carbonyl (C=O) groups is 1. The van der Waals surface area contributed by atoms with E-state index in [4.69, 9.17) is 14.2 Å². The number of ether oxygens (including phenoxy) is 3. The minimum Gasteiger partial charge on any atom is -0.493 e. The normalized spacial score (nSPS) is 15.5. The van der Waals surface area contributed by atoms with Gasteiger partial charge in [0.25, 0.3) is 0 Å². The summed E-state index contributed by atoms with van der Waals surface area (Å²) in [4.78, 5) is 17.3. The van der Waals surface area contributed by atoms with Crippen LogP contribution < -0.4 is 14.8 Å². The lowest BCUT2D eigenvalue weighted by Gasteiger charge is -2.28. The minimum atomic E-state index is -0.530. The Balaban J connectivity index is 2.17. The summed E-state index contributed by atoms with van der Waals surface area (Å²) < 4.78 is 18.8. The highest BCUT2D eigenvalue weighted by Crippen LogP contribution is 2.43. The minimum absolute atomic E-state index is 0.433. The van der Waals surface area contributed by atoms with E-state index in [2.05, 4.69) is 38.3 Å². The van der Waals surface area contributed by atoms with E-state index in [9.17, 15) is 4.79 Å². The van der Waals surface area contributed by atoms with Gasteiger partial charge in [-0.2, -0.15) is 4.98 Å². The Labute approximate surface area is 188 Å². The Morgan fingerprint density at radius 1 is 1.33 bits per heavy atom. The lowest BCUT2D eigenvalue weighted by atomic mass is 9.95. The van der Waals surface area contributed by atoms with Crippen LogP contribution in [0.15, 0.2) is 33.0 Å². The number of carbonyl (C=O) groups excluding carboxylic acids is 1. The van der Waals surface area contributed by atoms with Crippen molar-refractivity contribution in [1.29, 1.82) is 0 Å². The van der Waals surface area contributed by atoms with Crippen LogP contribution in [-0.2, 0) is 9.53 Å². The van der Waals surface area contributed by atoms with Gasteiger partial charge in [0.2, 0.25) is 11.1 Å². The van der Waals surface area contributed by atoms with Crippen LogP contribution in [-0.4, -0.2) is 47.3 Å². The standard InChI is InChI=1S/C20H25BrN4O4S/c1-6-8-30-20-23-19-22-11(3)15(18(26)28-5)16(25(19)24-20)12-9-13(21)17(29-7-2)14(10-12)27-4/h9-10,16H,6-8H2,1-5H3,(H,22,23,24). The van der Waals surface area contributed by atoms with Gasteiger partial charge in [-0.25, -0.2) is 9.48 Å². The first-order valence-corrected chi connectivity index (χ1v) is 11.4. The van der Waals surface area contributed by atoms with Crippen molar-refractivity contribution >= 4 is 39.6 Å². The van der Waals surface area contributed by atoms with Crippen molar-refractivity contribution in [2.75, 3.05) is 31.9 Å². The molecule has 0 fully saturated rings. The zero-order valence-electron chi connectivity index (χ0n) is 17.6. The van der Waals surface area contributed by atoms with E-state index in [1.807, 2.05) is 26.0 Å². The van der Waals surface area contributed by atoms with Crippen molar-refractivity contribution in [2.45, 2.75) is 38.4 Å². The predicted molar refractivity (Wildman–Crippen MR) is 119 cm³/mol. The van der Waals surface area contributed by atoms with Gasteiger partial charge in [0.05, 0.1) is 30.9 Å². The number of anilines is 1. The van der Waals surface area contributed by atoms with Crippen LogP contribution in [0.3, 0.4) is 0 Å². The second-order valence-electron chi connectivity index (χ2n) is 6.54. The van der Waals surface area contributed by atoms with Crippen molar-refractivity contribution in [3.8, 4) is 11.5 Å². The maximum absolute atomic E-state index is 12.7. The molecule has 0 spiro atoms. The molecular formula is C20H25BrN4O4S. The first-order chi connectivity index (χ1) is 14.4. The van der Waals surface area contributed by atoms with E-state index in [-0.39, 0.29) is 0 Å². The number of nitrogens with one attached hydrogen (secondary N) is 1. The van der Waals surface area contributed by atoms with Crippen molar-refractivity contribution < 1.29 is 19.0 Å². The molecule has 2 aromatic rings. The number of methoxy groups -OCH3 is 2. The molecule has 2 heterocycles. The molecule has 0 saturated carbocycles. The fourth-order valence-corrected chi connectivity index (χ4v) is 4.51. The van der Waals surface area contributed by atoms with Gasteiger partial charge in [0.1, 0.15) is 6.04 Å². The topological polar surface area (TPSA) is 87.5 Å². The van der Waals surface area contributed by atoms with Crippen molar-refractivity contribution in [3.05, 3.63) is 33.4 Å². The lowest BCUT2D eigenvalue weighted by molar-refractivity contribution is -0.136. The molecule has 1 N–H and O–H groups in total. The molecule has 10 heteroatoms. The van der Waals surface area contributed by atoms with Gasteiger partial charge in [0, 0.05) is 11.4 Å². The highest BCUT2D eigenvalue weighted by atomic mass is 79.9. The maximum Gasteiger partial charge on any atom is 0.338 e. The summed E-state index contributed by atoms with van der Waals surface area (Å²) in [7, 11) is 2.95. The molecule has 1 atom stereocenters. The summed E-state index contributed by atoms with van der Waals surface area (Å²) in [5.41, 5.74) is 1.92. The Hall–Kier alpha value is -2.20. The predicted octanol–water partition coefficient (Wildman–Crippen LogP) is 4.41. The zero-order chi connectivity index (χ0) is 21.8. The number of esters is 1. The SMILES string of the molecule is CCCSc1nc2n(n1)C(c1cc(Br)c(OCC)c(OC)c1)C(C(=O)OC)=C(C)N2. The second kappa shape index (κ2) is 9.74. The van der Waals surface area contributed by atoms with E-state index in [1.165, 1.54) is 7.11 Å². The van der Waals surface area contributed by atoms with Gasteiger partial charge in [-0.15, -0.1) is 5.10 Å². The van der Waals surface area contributed by atoms with Crippen LogP contribution >= 0.6 is 27.7 Å². The van der Waals surface area contributed by atoms with Gasteiger partial charge >= 0.3 is 5.97 Å². The number of nitrogens with zero attached hydrogens (tertiary/aromatic N) is 3. The first-order valence-electron chi connectivity index (χ1n) is 9.60. The molecule has 1 aliphatic heterocycles.